The van der Waals surface area contributed by atoms with Gasteiger partial charge in [-0.1, -0.05) is 30.3 Å². The normalized spacial score (nSPS) is 11.5. The van der Waals surface area contributed by atoms with E-state index in [1.807, 2.05) is 49.4 Å². The number of Topliss-reactive ketones (excluding diaryl/α,β-unsaturated/α-hetero) is 1. The molecule has 0 bridgehead atoms. The van der Waals surface area contributed by atoms with Gasteiger partial charge in [-0.05, 0) is 49.7 Å². The Balaban J connectivity index is 1.69. The lowest BCUT2D eigenvalue weighted by atomic mass is 10.1. The van der Waals surface area contributed by atoms with Gasteiger partial charge in [0, 0.05) is 17.4 Å². The monoisotopic (exact) mass is 359 g/mol. The molecule has 1 amide bonds. The number of benzene rings is 2. The molecule has 1 unspecified atom stereocenters. The maximum Gasteiger partial charge on any atom is 0.253 e. The van der Waals surface area contributed by atoms with Crippen LogP contribution in [0.2, 0.25) is 0 Å². The van der Waals surface area contributed by atoms with Crippen LogP contribution in [0.4, 0.5) is 11.4 Å². The molecule has 27 heavy (non-hydrogen) atoms. The number of anilines is 2. The molecule has 1 aromatic heterocycles. The molecule has 2 N–H and O–H groups in total. The molecule has 1 atom stereocenters. The summed E-state index contributed by atoms with van der Waals surface area (Å²) >= 11 is 0. The zero-order valence-corrected chi connectivity index (χ0v) is 15.3. The van der Waals surface area contributed by atoms with Crippen molar-refractivity contribution >= 4 is 23.1 Å². The minimum absolute atomic E-state index is 0.0226. The Morgan fingerprint density at radius 3 is 2.26 bits per heavy atom. The molecule has 0 saturated carbocycles. The highest BCUT2D eigenvalue weighted by molar-refractivity contribution is 5.95. The van der Waals surface area contributed by atoms with Crippen LogP contribution in [0.25, 0.3) is 0 Å². The van der Waals surface area contributed by atoms with Gasteiger partial charge in [-0.2, -0.15) is 0 Å². The van der Waals surface area contributed by atoms with Gasteiger partial charge in [0.2, 0.25) is 0 Å². The van der Waals surface area contributed by atoms with Crippen molar-refractivity contribution in [2.75, 3.05) is 5.32 Å². The maximum absolute atomic E-state index is 12.5. The average molecular weight is 359 g/mol. The summed E-state index contributed by atoms with van der Waals surface area (Å²) < 4.78 is 0. The number of aromatic nitrogens is 1. The topological polar surface area (TPSA) is 71.1 Å². The zero-order chi connectivity index (χ0) is 19.2. The Morgan fingerprint density at radius 2 is 1.59 bits per heavy atom. The standard InChI is InChI=1S/C22H21N3O2/c1-15(17-6-4-3-5-7-17)24-22(27)19-12-21(14-23-13-19)25-20-10-8-18(9-11-20)16(2)26/h3-15,25H,1-2H3,(H,24,27). The Labute approximate surface area is 158 Å². The molecule has 2 aromatic carbocycles. The third-order valence-electron chi connectivity index (χ3n) is 4.23. The van der Waals surface area contributed by atoms with Gasteiger partial charge in [-0.25, -0.2) is 0 Å². The molecule has 0 aliphatic heterocycles. The highest BCUT2D eigenvalue weighted by Gasteiger charge is 2.12. The van der Waals surface area contributed by atoms with Crippen LogP contribution in [0, 0.1) is 0 Å². The van der Waals surface area contributed by atoms with Gasteiger partial charge >= 0.3 is 0 Å². The van der Waals surface area contributed by atoms with Crippen molar-refractivity contribution in [2.45, 2.75) is 19.9 Å². The zero-order valence-electron chi connectivity index (χ0n) is 15.3. The Morgan fingerprint density at radius 1 is 0.889 bits per heavy atom. The largest absolute Gasteiger partial charge is 0.354 e. The lowest BCUT2D eigenvalue weighted by Crippen LogP contribution is -2.26. The number of rotatable bonds is 6. The van der Waals surface area contributed by atoms with Crippen LogP contribution in [0.15, 0.2) is 73.1 Å². The van der Waals surface area contributed by atoms with E-state index in [0.29, 0.717) is 16.8 Å². The van der Waals surface area contributed by atoms with E-state index in [0.717, 1.165) is 11.3 Å². The van der Waals surface area contributed by atoms with Crippen LogP contribution in [-0.2, 0) is 0 Å². The van der Waals surface area contributed by atoms with E-state index in [1.54, 1.807) is 24.4 Å². The molecule has 1 heterocycles. The van der Waals surface area contributed by atoms with Gasteiger partial charge in [0.25, 0.3) is 5.91 Å². The first-order chi connectivity index (χ1) is 13.0. The highest BCUT2D eigenvalue weighted by atomic mass is 16.1. The fraction of sp³-hybridized carbons (Fsp3) is 0.136. The van der Waals surface area contributed by atoms with E-state index in [1.165, 1.54) is 13.1 Å². The summed E-state index contributed by atoms with van der Waals surface area (Å²) in [4.78, 5) is 28.0. The smallest absolute Gasteiger partial charge is 0.253 e. The summed E-state index contributed by atoms with van der Waals surface area (Å²) in [7, 11) is 0. The van der Waals surface area contributed by atoms with E-state index in [2.05, 4.69) is 15.6 Å². The quantitative estimate of drug-likeness (QED) is 0.635. The summed E-state index contributed by atoms with van der Waals surface area (Å²) in [6.45, 7) is 3.48. The van der Waals surface area contributed by atoms with E-state index in [-0.39, 0.29) is 17.7 Å². The van der Waals surface area contributed by atoms with Gasteiger partial charge in [0.05, 0.1) is 23.5 Å². The molecular formula is C22H21N3O2. The fourth-order valence-corrected chi connectivity index (χ4v) is 2.69. The van der Waals surface area contributed by atoms with Gasteiger partial charge in [-0.15, -0.1) is 0 Å². The lowest BCUT2D eigenvalue weighted by Gasteiger charge is -2.14. The molecule has 136 valence electrons. The van der Waals surface area contributed by atoms with Gasteiger partial charge in [-0.3, -0.25) is 14.6 Å². The molecule has 3 aromatic rings. The first kappa shape index (κ1) is 18.3. The average Bonchev–Trinajstić information content (AvgIpc) is 2.69. The first-order valence-corrected chi connectivity index (χ1v) is 8.72. The molecular weight excluding hydrogens is 338 g/mol. The van der Waals surface area contributed by atoms with Crippen molar-refractivity contribution in [1.29, 1.82) is 0 Å². The Bertz CT molecular complexity index is 937. The van der Waals surface area contributed by atoms with E-state index >= 15 is 0 Å². The van der Waals surface area contributed by atoms with Gasteiger partial charge < -0.3 is 10.6 Å². The second-order valence-electron chi connectivity index (χ2n) is 6.33. The van der Waals surface area contributed by atoms with Crippen LogP contribution in [0.1, 0.15) is 46.2 Å². The maximum atomic E-state index is 12.5. The summed E-state index contributed by atoms with van der Waals surface area (Å²) in [5.41, 5.74) is 3.69. The first-order valence-electron chi connectivity index (χ1n) is 8.72. The van der Waals surface area contributed by atoms with Crippen LogP contribution in [0.3, 0.4) is 0 Å². The molecule has 3 rings (SSSR count). The molecule has 0 radical (unpaired) electrons. The molecule has 5 nitrogen and oxygen atoms in total. The summed E-state index contributed by atoms with van der Waals surface area (Å²) in [5.74, 6) is -0.163. The predicted molar refractivity (Wildman–Crippen MR) is 106 cm³/mol. The number of hydrogen-bond acceptors (Lipinski definition) is 4. The number of hydrogen-bond donors (Lipinski definition) is 2. The number of carbonyl (C=O) groups excluding carboxylic acids is 2. The molecule has 0 aliphatic carbocycles. The molecule has 0 fully saturated rings. The highest BCUT2D eigenvalue weighted by Crippen LogP contribution is 2.18. The van der Waals surface area contributed by atoms with E-state index < -0.39 is 0 Å². The minimum Gasteiger partial charge on any atom is -0.354 e. The van der Waals surface area contributed by atoms with Crippen molar-refractivity contribution in [3.63, 3.8) is 0 Å². The van der Waals surface area contributed by atoms with Crippen molar-refractivity contribution in [1.82, 2.24) is 10.3 Å². The fourth-order valence-electron chi connectivity index (χ4n) is 2.69. The van der Waals surface area contributed by atoms with Crippen molar-refractivity contribution in [3.05, 3.63) is 89.7 Å². The van der Waals surface area contributed by atoms with E-state index in [4.69, 9.17) is 0 Å². The molecule has 0 aliphatic rings. The third-order valence-corrected chi connectivity index (χ3v) is 4.23. The van der Waals surface area contributed by atoms with E-state index in [9.17, 15) is 9.59 Å². The third kappa shape index (κ3) is 4.79. The number of nitrogens with one attached hydrogen (secondary N) is 2. The van der Waals surface area contributed by atoms with Crippen molar-refractivity contribution in [2.24, 2.45) is 0 Å². The summed E-state index contributed by atoms with van der Waals surface area (Å²) in [6, 6.07) is 18.6. The van der Waals surface area contributed by atoms with Crippen LogP contribution >= 0.6 is 0 Å². The predicted octanol–water partition coefficient (Wildman–Crippen LogP) is 4.52. The number of ketones is 1. The Hall–Kier alpha value is -3.47. The number of carbonyl (C=O) groups is 2. The minimum atomic E-state index is -0.186. The van der Waals surface area contributed by atoms with Crippen LogP contribution < -0.4 is 10.6 Å². The second-order valence-corrected chi connectivity index (χ2v) is 6.33. The number of nitrogens with zero attached hydrogens (tertiary/aromatic N) is 1. The van der Waals surface area contributed by atoms with Gasteiger partial charge in [0.1, 0.15) is 0 Å². The summed E-state index contributed by atoms with van der Waals surface area (Å²) in [6.07, 6.45) is 3.19. The molecule has 0 saturated heterocycles. The summed E-state index contributed by atoms with van der Waals surface area (Å²) in [5, 5.41) is 6.18. The second kappa shape index (κ2) is 8.27. The molecule has 5 heteroatoms. The Kier molecular flexibility index (Phi) is 5.61. The number of amides is 1. The van der Waals surface area contributed by atoms with Crippen LogP contribution in [0.5, 0.6) is 0 Å². The lowest BCUT2D eigenvalue weighted by molar-refractivity contribution is 0.0938. The van der Waals surface area contributed by atoms with Gasteiger partial charge in [0.15, 0.2) is 5.78 Å². The number of pyridine rings is 1. The van der Waals surface area contributed by atoms with Crippen LogP contribution in [-0.4, -0.2) is 16.7 Å². The van der Waals surface area contributed by atoms with Crippen molar-refractivity contribution < 1.29 is 9.59 Å². The van der Waals surface area contributed by atoms with Crippen molar-refractivity contribution in [3.8, 4) is 0 Å². The molecule has 0 spiro atoms. The SMILES string of the molecule is CC(=O)c1ccc(Nc2cncc(C(=O)NC(C)c3ccccc3)c2)cc1.